The molecule has 2 rings (SSSR count). The Hall–Kier alpha value is -1.17. The second kappa shape index (κ2) is 3.69. The summed E-state index contributed by atoms with van der Waals surface area (Å²) >= 11 is 2.94. The van der Waals surface area contributed by atoms with E-state index in [0.717, 1.165) is 0 Å². The molecule has 0 unspecified atom stereocenters. The van der Waals surface area contributed by atoms with Crippen LogP contribution in [0, 0.1) is 0 Å². The summed E-state index contributed by atoms with van der Waals surface area (Å²) in [6.07, 6.45) is -4.41. The number of aromatic amines is 1. The van der Waals surface area contributed by atoms with Gasteiger partial charge in [-0.25, -0.2) is 0 Å². The Morgan fingerprint density at radius 2 is 2.00 bits per heavy atom. The van der Waals surface area contributed by atoms with Crippen LogP contribution in [0.1, 0.15) is 5.69 Å². The Labute approximate surface area is 97.5 Å². The zero-order chi connectivity index (χ0) is 11.9. The zero-order valence-corrected chi connectivity index (χ0v) is 9.74. The molecule has 0 radical (unpaired) electrons. The number of fused-ring (bicyclic) bond motifs is 1. The number of H-pyrrole nitrogens is 1. The SMILES string of the molecule is COc1cccc2c(Br)c(C(F)(F)F)[nH]c12. The van der Waals surface area contributed by atoms with E-state index in [4.69, 9.17) is 4.74 Å². The van der Waals surface area contributed by atoms with Crippen molar-refractivity contribution in [3.05, 3.63) is 28.4 Å². The first kappa shape index (κ1) is 11.3. The van der Waals surface area contributed by atoms with Gasteiger partial charge in [-0.05, 0) is 22.0 Å². The number of rotatable bonds is 1. The molecule has 0 amide bonds. The summed E-state index contributed by atoms with van der Waals surface area (Å²) < 4.78 is 42.9. The highest BCUT2D eigenvalue weighted by Gasteiger charge is 2.36. The molecule has 0 saturated carbocycles. The molecule has 0 atom stereocenters. The fourth-order valence-corrected chi connectivity index (χ4v) is 2.18. The van der Waals surface area contributed by atoms with Crippen molar-refractivity contribution < 1.29 is 17.9 Å². The number of benzene rings is 1. The second-order valence-electron chi connectivity index (χ2n) is 3.19. The minimum absolute atomic E-state index is 0.00824. The van der Waals surface area contributed by atoms with E-state index in [1.807, 2.05) is 0 Å². The van der Waals surface area contributed by atoms with Crippen LogP contribution in [0.2, 0.25) is 0 Å². The number of nitrogens with one attached hydrogen (secondary N) is 1. The van der Waals surface area contributed by atoms with Gasteiger partial charge in [0.2, 0.25) is 0 Å². The van der Waals surface area contributed by atoms with Gasteiger partial charge in [0, 0.05) is 5.39 Å². The third-order valence-electron chi connectivity index (χ3n) is 2.24. The summed E-state index contributed by atoms with van der Waals surface area (Å²) in [6, 6.07) is 4.83. The van der Waals surface area contributed by atoms with Gasteiger partial charge in [-0.1, -0.05) is 12.1 Å². The maximum absolute atomic E-state index is 12.6. The smallest absolute Gasteiger partial charge is 0.432 e. The summed E-state index contributed by atoms with van der Waals surface area (Å²) in [4.78, 5) is 2.33. The van der Waals surface area contributed by atoms with E-state index in [9.17, 15) is 13.2 Å². The lowest BCUT2D eigenvalue weighted by atomic mass is 10.2. The Kier molecular flexibility index (Phi) is 2.61. The van der Waals surface area contributed by atoms with Crippen LogP contribution in [0.15, 0.2) is 22.7 Å². The van der Waals surface area contributed by atoms with Crippen LogP contribution in [0.25, 0.3) is 10.9 Å². The molecule has 1 N–H and O–H groups in total. The fraction of sp³-hybridized carbons (Fsp3) is 0.200. The normalized spacial score (nSPS) is 12.1. The average molecular weight is 294 g/mol. The van der Waals surface area contributed by atoms with Gasteiger partial charge >= 0.3 is 6.18 Å². The van der Waals surface area contributed by atoms with Gasteiger partial charge in [0.15, 0.2) is 0 Å². The standard InChI is InChI=1S/C10H7BrF3NO/c1-16-6-4-2-3-5-7(11)9(10(12,13)14)15-8(5)6/h2-4,15H,1H3. The molecular formula is C10H7BrF3NO. The predicted octanol–water partition coefficient (Wildman–Crippen LogP) is 3.96. The molecule has 0 saturated heterocycles. The Bertz CT molecular complexity index is 533. The lowest BCUT2D eigenvalue weighted by Crippen LogP contribution is -2.05. The first-order valence-electron chi connectivity index (χ1n) is 4.36. The molecule has 0 fully saturated rings. The largest absolute Gasteiger partial charge is 0.495 e. The number of ether oxygens (including phenoxy) is 1. The van der Waals surface area contributed by atoms with Crippen LogP contribution in [-0.2, 0) is 6.18 Å². The molecule has 2 aromatic rings. The van der Waals surface area contributed by atoms with E-state index in [0.29, 0.717) is 16.7 Å². The lowest BCUT2D eigenvalue weighted by Gasteiger charge is -2.03. The maximum Gasteiger partial charge on any atom is 0.432 e. The van der Waals surface area contributed by atoms with Crippen molar-refractivity contribution in [1.82, 2.24) is 4.98 Å². The highest BCUT2D eigenvalue weighted by Crippen LogP contribution is 2.40. The van der Waals surface area contributed by atoms with Gasteiger partial charge in [0.1, 0.15) is 11.4 Å². The van der Waals surface area contributed by atoms with Gasteiger partial charge in [0.25, 0.3) is 0 Å². The zero-order valence-electron chi connectivity index (χ0n) is 8.15. The van der Waals surface area contributed by atoms with Crippen molar-refractivity contribution in [2.75, 3.05) is 7.11 Å². The number of hydrogen-bond acceptors (Lipinski definition) is 1. The summed E-state index contributed by atoms with van der Waals surface area (Å²) in [6.45, 7) is 0. The van der Waals surface area contributed by atoms with Gasteiger partial charge in [-0.2, -0.15) is 13.2 Å². The Morgan fingerprint density at radius 3 is 2.56 bits per heavy atom. The number of hydrogen-bond donors (Lipinski definition) is 1. The molecule has 1 aromatic heterocycles. The van der Waals surface area contributed by atoms with E-state index < -0.39 is 11.9 Å². The molecule has 0 aliphatic carbocycles. The predicted molar refractivity (Wildman–Crippen MR) is 57.6 cm³/mol. The van der Waals surface area contributed by atoms with Crippen molar-refractivity contribution in [3.8, 4) is 5.75 Å². The molecule has 0 aliphatic rings. The number of methoxy groups -OCH3 is 1. The number of para-hydroxylation sites is 1. The first-order valence-corrected chi connectivity index (χ1v) is 5.16. The number of alkyl halides is 3. The van der Waals surface area contributed by atoms with Gasteiger partial charge in [-0.15, -0.1) is 0 Å². The Balaban J connectivity index is 2.77. The quantitative estimate of drug-likeness (QED) is 0.846. The van der Waals surface area contributed by atoms with Crippen LogP contribution in [0.4, 0.5) is 13.2 Å². The second-order valence-corrected chi connectivity index (χ2v) is 3.99. The van der Waals surface area contributed by atoms with Crippen LogP contribution in [0.5, 0.6) is 5.75 Å². The molecule has 0 bridgehead atoms. The minimum atomic E-state index is -4.41. The van der Waals surface area contributed by atoms with E-state index in [2.05, 4.69) is 20.9 Å². The topological polar surface area (TPSA) is 25.0 Å². The van der Waals surface area contributed by atoms with E-state index in [1.54, 1.807) is 18.2 Å². The average Bonchev–Trinajstić information content (AvgIpc) is 2.56. The molecule has 86 valence electrons. The van der Waals surface area contributed by atoms with Crippen LogP contribution in [0.3, 0.4) is 0 Å². The Morgan fingerprint density at radius 1 is 1.31 bits per heavy atom. The fourth-order valence-electron chi connectivity index (χ4n) is 1.52. The lowest BCUT2D eigenvalue weighted by molar-refractivity contribution is -0.141. The summed E-state index contributed by atoms with van der Waals surface area (Å²) in [7, 11) is 1.41. The van der Waals surface area contributed by atoms with Gasteiger partial charge in [0.05, 0.1) is 17.1 Å². The monoisotopic (exact) mass is 293 g/mol. The van der Waals surface area contributed by atoms with E-state index in [-0.39, 0.29) is 4.47 Å². The highest BCUT2D eigenvalue weighted by molar-refractivity contribution is 9.10. The van der Waals surface area contributed by atoms with E-state index >= 15 is 0 Å². The maximum atomic E-state index is 12.6. The van der Waals surface area contributed by atoms with Crippen molar-refractivity contribution >= 4 is 26.8 Å². The van der Waals surface area contributed by atoms with Crippen LogP contribution < -0.4 is 4.74 Å². The molecule has 0 aliphatic heterocycles. The van der Waals surface area contributed by atoms with Crippen molar-refractivity contribution in [2.24, 2.45) is 0 Å². The summed E-state index contributed by atoms with van der Waals surface area (Å²) in [5.74, 6) is 0.383. The van der Waals surface area contributed by atoms with Crippen molar-refractivity contribution in [1.29, 1.82) is 0 Å². The van der Waals surface area contributed by atoms with Gasteiger partial charge < -0.3 is 9.72 Å². The molecule has 0 spiro atoms. The number of aromatic nitrogens is 1. The first-order chi connectivity index (χ1) is 7.45. The number of halogens is 4. The molecule has 2 nitrogen and oxygen atoms in total. The van der Waals surface area contributed by atoms with Gasteiger partial charge in [-0.3, -0.25) is 0 Å². The molecule has 1 heterocycles. The highest BCUT2D eigenvalue weighted by atomic mass is 79.9. The van der Waals surface area contributed by atoms with Crippen LogP contribution in [-0.4, -0.2) is 12.1 Å². The minimum Gasteiger partial charge on any atom is -0.495 e. The molecule has 6 heteroatoms. The molecule has 1 aromatic carbocycles. The van der Waals surface area contributed by atoms with Crippen molar-refractivity contribution in [2.45, 2.75) is 6.18 Å². The van der Waals surface area contributed by atoms with E-state index in [1.165, 1.54) is 7.11 Å². The summed E-state index contributed by atoms with van der Waals surface area (Å²) in [5.41, 5.74) is -0.462. The summed E-state index contributed by atoms with van der Waals surface area (Å²) in [5, 5.41) is 0.451. The molecular weight excluding hydrogens is 287 g/mol. The third kappa shape index (κ3) is 1.67. The van der Waals surface area contributed by atoms with Crippen molar-refractivity contribution in [3.63, 3.8) is 0 Å². The molecule has 16 heavy (non-hydrogen) atoms. The van der Waals surface area contributed by atoms with Crippen LogP contribution >= 0.6 is 15.9 Å². The third-order valence-corrected chi connectivity index (χ3v) is 3.06.